The van der Waals surface area contributed by atoms with Crippen LogP contribution in [-0.4, -0.2) is 4.98 Å². The maximum absolute atomic E-state index is 4.45. The molecule has 2 aliphatic carbocycles. The molecule has 0 saturated carbocycles. The van der Waals surface area contributed by atoms with Crippen LogP contribution in [-0.2, 0) is 0 Å². The van der Waals surface area contributed by atoms with Crippen molar-refractivity contribution >= 4 is 28.7 Å². The topological polar surface area (TPSA) is 16.1 Å². The van der Waals surface area contributed by atoms with Gasteiger partial charge in [0, 0.05) is 23.5 Å². The summed E-state index contributed by atoms with van der Waals surface area (Å²) < 4.78 is 0. The number of hydrogen-bond acceptors (Lipinski definition) is 2. The molecule has 2 aliphatic rings. The summed E-state index contributed by atoms with van der Waals surface area (Å²) in [6, 6.07) is 39.3. The molecular formula is C39H30N2. The van der Waals surface area contributed by atoms with E-state index < -0.39 is 0 Å². The van der Waals surface area contributed by atoms with Crippen LogP contribution in [0.1, 0.15) is 34.6 Å². The van der Waals surface area contributed by atoms with E-state index in [4.69, 9.17) is 0 Å². The maximum Gasteiger partial charge on any atom is 0.0644 e. The number of fused-ring (bicyclic) bond motifs is 4. The van der Waals surface area contributed by atoms with E-state index in [0.717, 1.165) is 23.5 Å². The highest BCUT2D eigenvalue weighted by molar-refractivity contribution is 5.88. The van der Waals surface area contributed by atoms with Crippen molar-refractivity contribution < 1.29 is 0 Å². The monoisotopic (exact) mass is 526 g/mol. The maximum atomic E-state index is 4.45. The molecule has 1 heterocycles. The molecule has 5 aromatic rings. The number of pyridine rings is 1. The third-order valence-electron chi connectivity index (χ3n) is 7.86. The van der Waals surface area contributed by atoms with Gasteiger partial charge in [-0.25, -0.2) is 0 Å². The first-order valence-corrected chi connectivity index (χ1v) is 14.2. The van der Waals surface area contributed by atoms with Gasteiger partial charge in [0.1, 0.15) is 0 Å². The van der Waals surface area contributed by atoms with Gasteiger partial charge in [-0.1, -0.05) is 109 Å². The van der Waals surface area contributed by atoms with Crippen LogP contribution in [0.5, 0.6) is 0 Å². The van der Waals surface area contributed by atoms with Crippen LogP contribution in [0.4, 0.5) is 17.1 Å². The van der Waals surface area contributed by atoms with Gasteiger partial charge in [0.05, 0.1) is 11.9 Å². The molecule has 4 aromatic carbocycles. The highest BCUT2D eigenvalue weighted by Gasteiger charge is 2.17. The van der Waals surface area contributed by atoms with Gasteiger partial charge >= 0.3 is 0 Å². The molecule has 0 spiro atoms. The van der Waals surface area contributed by atoms with Crippen LogP contribution < -0.4 is 4.90 Å². The van der Waals surface area contributed by atoms with E-state index in [1.165, 1.54) is 39.0 Å². The van der Waals surface area contributed by atoms with Gasteiger partial charge in [-0.3, -0.25) is 4.98 Å². The second-order valence-electron chi connectivity index (χ2n) is 10.5. The predicted octanol–water partition coefficient (Wildman–Crippen LogP) is 10.3. The molecule has 41 heavy (non-hydrogen) atoms. The molecule has 0 saturated heterocycles. The van der Waals surface area contributed by atoms with E-state index in [2.05, 4.69) is 156 Å². The lowest BCUT2D eigenvalue weighted by molar-refractivity contribution is 0.854. The van der Waals surface area contributed by atoms with Gasteiger partial charge in [-0.15, -0.1) is 0 Å². The molecule has 2 nitrogen and oxygen atoms in total. The highest BCUT2D eigenvalue weighted by atomic mass is 15.1. The Hall–Kier alpha value is -5.21. The van der Waals surface area contributed by atoms with Gasteiger partial charge in [-0.05, 0) is 87.8 Å². The van der Waals surface area contributed by atoms with Crippen molar-refractivity contribution in [1.82, 2.24) is 4.98 Å². The standard InChI is InChI=1S/C39H30N2/c1-2-10-29(11-3-1)30-21-23-35(24-22-30)41(37-18-9-25-40-28-37)36-17-7-16-34(27-36)39-20-8-13-31-12-4-5-19-38(31)32-14-6-15-33(39)26-32/h1-10,12-29H,11H2/b13-8+,39-20+. The van der Waals surface area contributed by atoms with Gasteiger partial charge in [0.2, 0.25) is 0 Å². The molecule has 0 N–H and O–H groups in total. The summed E-state index contributed by atoms with van der Waals surface area (Å²) in [5.41, 5.74) is 11.8. The van der Waals surface area contributed by atoms with Crippen molar-refractivity contribution in [2.24, 2.45) is 0 Å². The zero-order chi connectivity index (χ0) is 27.4. The minimum Gasteiger partial charge on any atom is -0.309 e. The molecule has 7 rings (SSSR count). The Balaban J connectivity index is 1.30. The van der Waals surface area contributed by atoms with Crippen molar-refractivity contribution in [3.63, 3.8) is 0 Å². The SMILES string of the molecule is C1=CCC(c2ccc(N(c3cccnc3)c3cccc(/C4=C/C=C/c5ccccc5-c5cccc4c5)c3)cc2)C=C1. The van der Waals surface area contributed by atoms with Crippen LogP contribution in [0.2, 0.25) is 0 Å². The van der Waals surface area contributed by atoms with Crippen molar-refractivity contribution in [3.05, 3.63) is 180 Å². The number of anilines is 3. The van der Waals surface area contributed by atoms with Crippen molar-refractivity contribution in [1.29, 1.82) is 0 Å². The fourth-order valence-electron chi connectivity index (χ4n) is 5.81. The molecule has 196 valence electrons. The van der Waals surface area contributed by atoms with E-state index in [0.29, 0.717) is 5.92 Å². The lowest BCUT2D eigenvalue weighted by Crippen LogP contribution is -2.11. The highest BCUT2D eigenvalue weighted by Crippen LogP contribution is 2.38. The third kappa shape index (κ3) is 5.08. The Labute approximate surface area is 242 Å². The average molecular weight is 527 g/mol. The van der Waals surface area contributed by atoms with E-state index >= 15 is 0 Å². The summed E-state index contributed by atoms with van der Waals surface area (Å²) in [4.78, 5) is 6.74. The van der Waals surface area contributed by atoms with E-state index in [1.807, 2.05) is 18.5 Å². The number of aromatic nitrogens is 1. The quantitative estimate of drug-likeness (QED) is 0.226. The van der Waals surface area contributed by atoms with E-state index in [-0.39, 0.29) is 0 Å². The summed E-state index contributed by atoms with van der Waals surface area (Å²) in [5, 5.41) is 0. The van der Waals surface area contributed by atoms with E-state index in [9.17, 15) is 0 Å². The Morgan fingerprint density at radius 1 is 0.634 bits per heavy atom. The number of benzene rings is 4. The molecule has 1 aromatic heterocycles. The van der Waals surface area contributed by atoms with Gasteiger partial charge < -0.3 is 4.90 Å². The summed E-state index contributed by atoms with van der Waals surface area (Å²) in [6.07, 6.45) is 20.2. The van der Waals surface area contributed by atoms with Crippen LogP contribution >= 0.6 is 0 Å². The van der Waals surface area contributed by atoms with Gasteiger partial charge in [0.15, 0.2) is 0 Å². The Morgan fingerprint density at radius 3 is 2.27 bits per heavy atom. The lowest BCUT2D eigenvalue weighted by Gasteiger charge is -2.26. The molecule has 0 fully saturated rings. The first-order chi connectivity index (χ1) is 20.3. The molecule has 1 atom stereocenters. The number of nitrogens with zero attached hydrogens (tertiary/aromatic N) is 2. The Kier molecular flexibility index (Phi) is 6.72. The van der Waals surface area contributed by atoms with Crippen molar-refractivity contribution in [3.8, 4) is 11.1 Å². The number of allylic oxidation sites excluding steroid dienone is 6. The zero-order valence-corrected chi connectivity index (χ0v) is 22.8. The fourth-order valence-corrected chi connectivity index (χ4v) is 5.81. The molecule has 0 aliphatic heterocycles. The van der Waals surface area contributed by atoms with Crippen molar-refractivity contribution in [2.75, 3.05) is 4.90 Å². The van der Waals surface area contributed by atoms with Crippen LogP contribution in [0.25, 0.3) is 22.8 Å². The predicted molar refractivity (Wildman–Crippen MR) is 173 cm³/mol. The summed E-state index contributed by atoms with van der Waals surface area (Å²) >= 11 is 0. The lowest BCUT2D eigenvalue weighted by atomic mass is 9.92. The molecular weight excluding hydrogens is 496 g/mol. The minimum atomic E-state index is 0.425. The second-order valence-corrected chi connectivity index (χ2v) is 10.5. The fraction of sp³-hybridized carbons (Fsp3) is 0.0513. The van der Waals surface area contributed by atoms with Gasteiger partial charge in [0.25, 0.3) is 0 Å². The summed E-state index contributed by atoms with van der Waals surface area (Å²) in [7, 11) is 0. The molecule has 0 amide bonds. The molecule has 0 radical (unpaired) electrons. The first kappa shape index (κ1) is 24.8. The number of hydrogen-bond donors (Lipinski definition) is 0. The molecule has 1 unspecified atom stereocenters. The second kappa shape index (κ2) is 11.1. The Bertz CT molecular complexity index is 1810. The van der Waals surface area contributed by atoms with Crippen LogP contribution in [0, 0.1) is 0 Å². The first-order valence-electron chi connectivity index (χ1n) is 14.2. The smallest absolute Gasteiger partial charge is 0.0644 e. The van der Waals surface area contributed by atoms with Crippen molar-refractivity contribution in [2.45, 2.75) is 12.3 Å². The molecule has 2 bridgehead atoms. The third-order valence-corrected chi connectivity index (χ3v) is 7.86. The van der Waals surface area contributed by atoms with E-state index in [1.54, 1.807) is 0 Å². The van der Waals surface area contributed by atoms with Crippen LogP contribution in [0.3, 0.4) is 0 Å². The largest absolute Gasteiger partial charge is 0.309 e. The Morgan fingerprint density at radius 2 is 1.44 bits per heavy atom. The summed E-state index contributed by atoms with van der Waals surface area (Å²) in [6.45, 7) is 0. The average Bonchev–Trinajstić information content (AvgIpc) is 3.09. The van der Waals surface area contributed by atoms with Crippen LogP contribution in [0.15, 0.2) is 158 Å². The zero-order valence-electron chi connectivity index (χ0n) is 22.8. The van der Waals surface area contributed by atoms with Gasteiger partial charge in [-0.2, -0.15) is 0 Å². The number of rotatable bonds is 5. The normalized spacial score (nSPS) is 17.4. The minimum absolute atomic E-state index is 0.425. The molecule has 2 heteroatoms. The summed E-state index contributed by atoms with van der Waals surface area (Å²) in [5.74, 6) is 0.425.